The topological polar surface area (TPSA) is 62.2 Å². The summed E-state index contributed by atoms with van der Waals surface area (Å²) >= 11 is 7.27. The van der Waals surface area contributed by atoms with E-state index in [1.165, 1.54) is 11.8 Å². The Bertz CT molecular complexity index is 465. The maximum Gasteiger partial charge on any atom is 0.325 e. The number of thioether (sulfide) groups is 1. The predicted octanol–water partition coefficient (Wildman–Crippen LogP) is 3.06. The van der Waals surface area contributed by atoms with Crippen LogP contribution in [0.5, 0.6) is 0 Å². The number of carbonyl (C=O) groups is 1. The van der Waals surface area contributed by atoms with Crippen molar-refractivity contribution < 1.29 is 9.90 Å². The quantitative estimate of drug-likeness (QED) is 0.722. The Balaban J connectivity index is 2.06. The average molecular weight is 315 g/mol. The summed E-state index contributed by atoms with van der Waals surface area (Å²) in [6.07, 6.45) is 4.48. The van der Waals surface area contributed by atoms with E-state index < -0.39 is 11.5 Å². The van der Waals surface area contributed by atoms with Crippen molar-refractivity contribution in [2.24, 2.45) is 5.92 Å². The largest absolute Gasteiger partial charge is 0.480 e. The Labute approximate surface area is 128 Å². The number of carboxylic acid groups (broad SMARTS) is 1. The zero-order valence-corrected chi connectivity index (χ0v) is 13.0. The van der Waals surface area contributed by atoms with Crippen LogP contribution in [-0.2, 0) is 4.79 Å². The molecule has 0 spiro atoms. The van der Waals surface area contributed by atoms with Crippen LogP contribution in [0.1, 0.15) is 26.2 Å². The molecule has 0 radical (unpaired) electrons. The highest BCUT2D eigenvalue weighted by Crippen LogP contribution is 2.42. The lowest BCUT2D eigenvalue weighted by molar-refractivity contribution is -0.144. The van der Waals surface area contributed by atoms with Gasteiger partial charge in [-0.3, -0.25) is 4.79 Å². The third kappa shape index (κ3) is 3.65. The number of rotatable bonds is 8. The van der Waals surface area contributed by atoms with Crippen LogP contribution in [-0.4, -0.2) is 33.9 Å². The van der Waals surface area contributed by atoms with Gasteiger partial charge in [0.05, 0.1) is 10.0 Å². The van der Waals surface area contributed by atoms with E-state index in [9.17, 15) is 9.90 Å². The van der Waals surface area contributed by atoms with Crippen molar-refractivity contribution in [2.45, 2.75) is 36.8 Å². The first-order valence-electron chi connectivity index (χ1n) is 6.81. The van der Waals surface area contributed by atoms with Gasteiger partial charge < -0.3 is 10.4 Å². The molecule has 1 fully saturated rings. The molecule has 1 aliphatic rings. The monoisotopic (exact) mass is 314 g/mol. The second-order valence-corrected chi connectivity index (χ2v) is 6.51. The van der Waals surface area contributed by atoms with Crippen LogP contribution < -0.4 is 5.32 Å². The van der Waals surface area contributed by atoms with E-state index in [2.05, 4.69) is 10.3 Å². The fourth-order valence-electron chi connectivity index (χ4n) is 2.18. The third-order valence-corrected chi connectivity index (χ3v) is 4.85. The lowest BCUT2D eigenvalue weighted by atomic mass is 9.95. The molecule has 1 aromatic heterocycles. The minimum atomic E-state index is -0.831. The summed E-state index contributed by atoms with van der Waals surface area (Å²) in [7, 11) is 0. The Morgan fingerprint density at radius 2 is 2.35 bits per heavy atom. The van der Waals surface area contributed by atoms with Gasteiger partial charge >= 0.3 is 5.97 Å². The van der Waals surface area contributed by atoms with E-state index in [-0.39, 0.29) is 5.92 Å². The normalized spacial score (nSPS) is 17.7. The van der Waals surface area contributed by atoms with Crippen LogP contribution in [0.25, 0.3) is 0 Å². The minimum absolute atomic E-state index is 0.228. The Morgan fingerprint density at radius 3 is 2.85 bits per heavy atom. The number of carboxylic acids is 1. The van der Waals surface area contributed by atoms with Crippen LogP contribution in [0, 0.1) is 5.92 Å². The molecule has 0 aromatic carbocycles. The molecule has 2 N–H and O–H groups in total. The molecular formula is C14H19ClN2O2S. The summed E-state index contributed by atoms with van der Waals surface area (Å²) in [6, 6.07) is 3.60. The highest BCUT2D eigenvalue weighted by Gasteiger charge is 2.50. The van der Waals surface area contributed by atoms with Gasteiger partial charge in [0.15, 0.2) is 0 Å². The van der Waals surface area contributed by atoms with E-state index in [1.807, 2.05) is 13.0 Å². The average Bonchev–Trinajstić information content (AvgIpc) is 3.26. The van der Waals surface area contributed by atoms with Crippen molar-refractivity contribution in [1.82, 2.24) is 10.3 Å². The first-order chi connectivity index (χ1) is 9.58. The molecule has 0 bridgehead atoms. The summed E-state index contributed by atoms with van der Waals surface area (Å²) in [5.41, 5.74) is -0.831. The van der Waals surface area contributed by atoms with Crippen LogP contribution >= 0.6 is 23.4 Å². The van der Waals surface area contributed by atoms with E-state index in [0.717, 1.165) is 30.8 Å². The van der Waals surface area contributed by atoms with Gasteiger partial charge in [-0.25, -0.2) is 4.98 Å². The molecule has 1 aliphatic carbocycles. The molecule has 20 heavy (non-hydrogen) atoms. The number of hydrogen-bond donors (Lipinski definition) is 2. The van der Waals surface area contributed by atoms with Crippen molar-refractivity contribution in [3.05, 3.63) is 23.4 Å². The molecule has 0 saturated heterocycles. The van der Waals surface area contributed by atoms with Gasteiger partial charge in [-0.05, 0) is 43.9 Å². The van der Waals surface area contributed by atoms with E-state index in [4.69, 9.17) is 11.6 Å². The summed E-state index contributed by atoms with van der Waals surface area (Å²) in [5, 5.41) is 14.3. The van der Waals surface area contributed by atoms with E-state index in [1.54, 1.807) is 12.3 Å². The number of hydrogen-bond acceptors (Lipinski definition) is 4. The van der Waals surface area contributed by atoms with Crippen molar-refractivity contribution in [2.75, 3.05) is 12.3 Å². The van der Waals surface area contributed by atoms with Crippen LogP contribution in [0.2, 0.25) is 5.02 Å². The number of nitrogens with zero attached hydrogens (tertiary/aromatic N) is 1. The fourth-order valence-corrected chi connectivity index (χ4v) is 3.42. The molecule has 2 rings (SSSR count). The number of aromatic nitrogens is 1. The molecule has 110 valence electrons. The van der Waals surface area contributed by atoms with Gasteiger partial charge in [0, 0.05) is 11.9 Å². The molecule has 0 amide bonds. The lowest BCUT2D eigenvalue weighted by Crippen LogP contribution is -2.56. The molecule has 1 heterocycles. The van der Waals surface area contributed by atoms with Gasteiger partial charge in [0.2, 0.25) is 0 Å². The zero-order chi connectivity index (χ0) is 14.6. The minimum Gasteiger partial charge on any atom is -0.480 e. The van der Waals surface area contributed by atoms with Crippen LogP contribution in [0.3, 0.4) is 0 Å². The summed E-state index contributed by atoms with van der Waals surface area (Å²) in [6.45, 7) is 2.76. The first kappa shape index (κ1) is 15.6. The molecule has 1 saturated carbocycles. The summed E-state index contributed by atoms with van der Waals surface area (Å²) in [4.78, 5) is 16.0. The van der Waals surface area contributed by atoms with Gasteiger partial charge in [-0.1, -0.05) is 18.5 Å². The van der Waals surface area contributed by atoms with Crippen molar-refractivity contribution >= 4 is 29.3 Å². The van der Waals surface area contributed by atoms with Gasteiger partial charge in [-0.2, -0.15) is 0 Å². The molecule has 6 heteroatoms. The highest BCUT2D eigenvalue weighted by molar-refractivity contribution is 7.99. The van der Waals surface area contributed by atoms with Crippen molar-refractivity contribution in [3.8, 4) is 0 Å². The Morgan fingerprint density at radius 1 is 1.60 bits per heavy atom. The molecule has 0 aliphatic heterocycles. The molecule has 4 nitrogen and oxygen atoms in total. The van der Waals surface area contributed by atoms with E-state index in [0.29, 0.717) is 10.8 Å². The molecule has 1 unspecified atom stereocenters. The van der Waals surface area contributed by atoms with Crippen molar-refractivity contribution in [1.29, 1.82) is 0 Å². The molecule has 1 aromatic rings. The van der Waals surface area contributed by atoms with Gasteiger partial charge in [0.25, 0.3) is 0 Å². The van der Waals surface area contributed by atoms with E-state index >= 15 is 0 Å². The SMILES string of the molecule is CCCNC(CSc1ccc(Cl)cn1)(C(=O)O)C1CC1. The second-order valence-electron chi connectivity index (χ2n) is 5.08. The van der Waals surface area contributed by atoms with Crippen LogP contribution in [0.4, 0.5) is 0 Å². The Kier molecular flexibility index (Phi) is 5.29. The lowest BCUT2D eigenvalue weighted by Gasteiger charge is -2.30. The predicted molar refractivity (Wildman–Crippen MR) is 81.4 cm³/mol. The second kappa shape index (κ2) is 6.78. The number of halogens is 1. The fraction of sp³-hybridized carbons (Fsp3) is 0.571. The number of pyridine rings is 1. The van der Waals surface area contributed by atoms with Gasteiger partial charge in [0.1, 0.15) is 5.54 Å². The van der Waals surface area contributed by atoms with Crippen molar-refractivity contribution in [3.63, 3.8) is 0 Å². The molecular weight excluding hydrogens is 296 g/mol. The summed E-state index contributed by atoms with van der Waals surface area (Å²) < 4.78 is 0. The molecule has 1 atom stereocenters. The number of nitrogens with one attached hydrogen (secondary N) is 1. The van der Waals surface area contributed by atoms with Crippen LogP contribution in [0.15, 0.2) is 23.4 Å². The smallest absolute Gasteiger partial charge is 0.325 e. The highest BCUT2D eigenvalue weighted by atomic mass is 35.5. The first-order valence-corrected chi connectivity index (χ1v) is 8.17. The maximum absolute atomic E-state index is 11.8. The third-order valence-electron chi connectivity index (χ3n) is 3.49. The summed E-state index contributed by atoms with van der Waals surface area (Å²) in [5.74, 6) is -0.0389. The maximum atomic E-state index is 11.8. The standard InChI is InChI=1S/C14H19ClN2O2S/c1-2-7-17-14(13(18)19,10-3-4-10)9-20-12-6-5-11(15)8-16-12/h5-6,8,10,17H,2-4,7,9H2,1H3,(H,18,19). The zero-order valence-electron chi connectivity index (χ0n) is 11.4. The number of aliphatic carboxylic acids is 1. The van der Waals surface area contributed by atoms with Gasteiger partial charge in [-0.15, -0.1) is 11.8 Å². The Hall–Kier alpha value is -0.780.